The third kappa shape index (κ3) is 2.56. The molecule has 0 atom stereocenters. The zero-order chi connectivity index (χ0) is 14.1. The van der Waals surface area contributed by atoms with Crippen LogP contribution in [0.1, 0.15) is 39.7 Å². The number of aryl methyl sites for hydroxylation is 2. The summed E-state index contributed by atoms with van der Waals surface area (Å²) >= 11 is 1.47. The number of carboxylic acid groups (broad SMARTS) is 1. The summed E-state index contributed by atoms with van der Waals surface area (Å²) in [5.74, 6) is 0.0672. The van der Waals surface area contributed by atoms with Gasteiger partial charge >= 0.3 is 5.97 Å². The third-order valence-corrected chi connectivity index (χ3v) is 4.20. The van der Waals surface area contributed by atoms with Gasteiger partial charge in [-0.25, -0.2) is 14.8 Å². The largest absolute Gasteiger partial charge is 0.475 e. The van der Waals surface area contributed by atoms with E-state index in [1.54, 1.807) is 6.07 Å². The van der Waals surface area contributed by atoms with Crippen LogP contribution in [0.4, 0.5) is 0 Å². The Morgan fingerprint density at radius 3 is 3.00 bits per heavy atom. The van der Waals surface area contributed by atoms with Gasteiger partial charge in [-0.2, -0.15) is 0 Å². The van der Waals surface area contributed by atoms with Gasteiger partial charge in [0.2, 0.25) is 5.76 Å². The van der Waals surface area contributed by atoms with Gasteiger partial charge in [0.05, 0.1) is 5.75 Å². The second-order valence-corrected chi connectivity index (χ2v) is 5.67. The van der Waals surface area contributed by atoms with Crippen molar-refractivity contribution in [2.24, 2.45) is 0 Å². The second kappa shape index (κ2) is 5.28. The van der Waals surface area contributed by atoms with Crippen molar-refractivity contribution in [3.63, 3.8) is 0 Å². The van der Waals surface area contributed by atoms with Crippen LogP contribution in [-0.2, 0) is 18.6 Å². The van der Waals surface area contributed by atoms with Crippen molar-refractivity contribution in [3.8, 4) is 0 Å². The average Bonchev–Trinajstić information content (AvgIpc) is 3.05. The van der Waals surface area contributed by atoms with Crippen molar-refractivity contribution in [1.29, 1.82) is 0 Å². The van der Waals surface area contributed by atoms with Gasteiger partial charge in [0.15, 0.2) is 5.16 Å². The lowest BCUT2D eigenvalue weighted by Gasteiger charge is -2.05. The molecule has 0 aliphatic heterocycles. The number of thioether (sulfide) groups is 1. The van der Waals surface area contributed by atoms with E-state index in [0.717, 1.165) is 35.8 Å². The molecule has 1 aliphatic rings. The van der Waals surface area contributed by atoms with Crippen LogP contribution in [0.3, 0.4) is 0 Å². The van der Waals surface area contributed by atoms with E-state index in [0.29, 0.717) is 11.5 Å². The number of rotatable bonds is 4. The van der Waals surface area contributed by atoms with E-state index in [1.165, 1.54) is 23.4 Å². The lowest BCUT2D eigenvalue weighted by atomic mass is 10.2. The van der Waals surface area contributed by atoms with Crippen molar-refractivity contribution >= 4 is 17.7 Å². The van der Waals surface area contributed by atoms with Crippen LogP contribution in [0.5, 0.6) is 0 Å². The first-order chi connectivity index (χ1) is 9.63. The van der Waals surface area contributed by atoms with Crippen LogP contribution < -0.4 is 0 Å². The predicted octanol–water partition coefficient (Wildman–Crippen LogP) is 2.86. The number of furan rings is 1. The van der Waals surface area contributed by atoms with Gasteiger partial charge in [-0.1, -0.05) is 11.8 Å². The first kappa shape index (κ1) is 13.2. The SMILES string of the molecule is Cc1nc(SCc2ccc(C(=O)O)o2)nc2c1CCC2. The molecule has 2 aromatic rings. The minimum atomic E-state index is -1.05. The standard InChI is InChI=1S/C14H14N2O3S/c1-8-10-3-2-4-11(10)16-14(15-8)20-7-9-5-6-12(19-9)13(17)18/h5-6H,2-4,7H2,1H3,(H,17,18). The molecule has 20 heavy (non-hydrogen) atoms. The van der Waals surface area contributed by atoms with Crippen molar-refractivity contribution in [1.82, 2.24) is 9.97 Å². The Morgan fingerprint density at radius 1 is 1.40 bits per heavy atom. The summed E-state index contributed by atoms with van der Waals surface area (Å²) in [6.45, 7) is 2.02. The van der Waals surface area contributed by atoms with Crippen LogP contribution in [0.25, 0.3) is 0 Å². The molecule has 1 N–H and O–H groups in total. The Labute approximate surface area is 120 Å². The number of carboxylic acids is 1. The molecular formula is C14H14N2O3S. The first-order valence-electron chi connectivity index (χ1n) is 6.44. The van der Waals surface area contributed by atoms with Gasteiger partial charge in [0.25, 0.3) is 0 Å². The molecule has 0 aromatic carbocycles. The number of hydrogen-bond donors (Lipinski definition) is 1. The number of nitrogens with zero attached hydrogens (tertiary/aromatic N) is 2. The summed E-state index contributed by atoms with van der Waals surface area (Å²) in [6.07, 6.45) is 3.25. The van der Waals surface area contributed by atoms with Crippen molar-refractivity contribution in [2.75, 3.05) is 0 Å². The summed E-state index contributed by atoms with van der Waals surface area (Å²) < 4.78 is 5.21. The molecule has 0 unspecified atom stereocenters. The van der Waals surface area contributed by atoms with Crippen LogP contribution >= 0.6 is 11.8 Å². The van der Waals surface area contributed by atoms with Gasteiger partial charge in [-0.3, -0.25) is 0 Å². The maximum atomic E-state index is 10.7. The van der Waals surface area contributed by atoms with E-state index in [1.807, 2.05) is 6.92 Å². The van der Waals surface area contributed by atoms with Crippen molar-refractivity contribution < 1.29 is 14.3 Å². The number of carbonyl (C=O) groups is 1. The molecule has 0 saturated carbocycles. The molecule has 0 radical (unpaired) electrons. The van der Waals surface area contributed by atoms with Gasteiger partial charge < -0.3 is 9.52 Å². The predicted molar refractivity (Wildman–Crippen MR) is 74.0 cm³/mol. The lowest BCUT2D eigenvalue weighted by Crippen LogP contribution is -1.99. The van der Waals surface area contributed by atoms with E-state index in [9.17, 15) is 4.79 Å². The van der Waals surface area contributed by atoms with E-state index in [2.05, 4.69) is 9.97 Å². The summed E-state index contributed by atoms with van der Waals surface area (Å²) in [4.78, 5) is 19.8. The van der Waals surface area contributed by atoms with E-state index >= 15 is 0 Å². The summed E-state index contributed by atoms with van der Waals surface area (Å²) in [6, 6.07) is 3.14. The Kier molecular flexibility index (Phi) is 3.48. The minimum absolute atomic E-state index is 0.0355. The molecule has 1 aliphatic carbocycles. The Bertz CT molecular complexity index is 666. The molecule has 3 rings (SSSR count). The van der Waals surface area contributed by atoms with E-state index in [4.69, 9.17) is 9.52 Å². The Morgan fingerprint density at radius 2 is 2.25 bits per heavy atom. The molecule has 6 heteroatoms. The van der Waals surface area contributed by atoms with E-state index < -0.39 is 5.97 Å². The van der Waals surface area contributed by atoms with Gasteiger partial charge in [-0.15, -0.1) is 0 Å². The van der Waals surface area contributed by atoms with Gasteiger partial charge in [-0.05, 0) is 43.9 Å². The van der Waals surface area contributed by atoms with Gasteiger partial charge in [0.1, 0.15) is 5.76 Å². The molecule has 0 amide bonds. The monoisotopic (exact) mass is 290 g/mol. The quantitative estimate of drug-likeness (QED) is 0.689. The average molecular weight is 290 g/mol. The molecule has 0 fully saturated rings. The Balaban J connectivity index is 1.72. The highest BCUT2D eigenvalue weighted by Gasteiger charge is 2.17. The smallest absolute Gasteiger partial charge is 0.371 e. The highest BCUT2D eigenvalue weighted by Crippen LogP contribution is 2.27. The first-order valence-corrected chi connectivity index (χ1v) is 7.43. The maximum Gasteiger partial charge on any atom is 0.371 e. The van der Waals surface area contributed by atoms with Crippen molar-refractivity contribution in [3.05, 3.63) is 40.6 Å². The third-order valence-electron chi connectivity index (χ3n) is 3.34. The van der Waals surface area contributed by atoms with Crippen LogP contribution in [-0.4, -0.2) is 21.0 Å². The normalized spacial score (nSPS) is 13.4. The summed E-state index contributed by atoms with van der Waals surface area (Å²) in [5.41, 5.74) is 3.51. The fourth-order valence-electron chi connectivity index (χ4n) is 2.36. The zero-order valence-electron chi connectivity index (χ0n) is 11.0. The Hall–Kier alpha value is -1.82. The number of fused-ring (bicyclic) bond motifs is 1. The second-order valence-electron chi connectivity index (χ2n) is 4.73. The van der Waals surface area contributed by atoms with Gasteiger partial charge in [0, 0.05) is 11.4 Å². The summed E-state index contributed by atoms with van der Waals surface area (Å²) in [7, 11) is 0. The van der Waals surface area contributed by atoms with Crippen LogP contribution in [0.2, 0.25) is 0 Å². The highest BCUT2D eigenvalue weighted by atomic mass is 32.2. The molecule has 0 saturated heterocycles. The van der Waals surface area contributed by atoms with Crippen molar-refractivity contribution in [2.45, 2.75) is 37.1 Å². The van der Waals surface area contributed by atoms with E-state index in [-0.39, 0.29) is 5.76 Å². The number of aromatic carboxylic acids is 1. The fourth-order valence-corrected chi connectivity index (χ4v) is 3.17. The lowest BCUT2D eigenvalue weighted by molar-refractivity contribution is 0.0661. The molecule has 5 nitrogen and oxygen atoms in total. The molecule has 0 bridgehead atoms. The minimum Gasteiger partial charge on any atom is -0.475 e. The van der Waals surface area contributed by atoms with Crippen LogP contribution in [0, 0.1) is 6.92 Å². The molecule has 104 valence electrons. The maximum absolute atomic E-state index is 10.7. The topological polar surface area (TPSA) is 76.2 Å². The zero-order valence-corrected chi connectivity index (χ0v) is 11.9. The summed E-state index contributed by atoms with van der Waals surface area (Å²) in [5, 5.41) is 9.53. The van der Waals surface area contributed by atoms with Crippen LogP contribution in [0.15, 0.2) is 21.7 Å². The fraction of sp³-hybridized carbons (Fsp3) is 0.357. The number of aromatic nitrogens is 2. The molecule has 2 aromatic heterocycles. The molecule has 0 spiro atoms. The number of hydrogen-bond acceptors (Lipinski definition) is 5. The molecule has 2 heterocycles. The molecular weight excluding hydrogens is 276 g/mol. The highest BCUT2D eigenvalue weighted by molar-refractivity contribution is 7.98.